The largest absolute Gasteiger partial charge is 0.434 e. The quantitative estimate of drug-likeness (QED) is 0.869. The fourth-order valence-electron chi connectivity index (χ4n) is 2.64. The molecule has 1 aliphatic rings. The lowest BCUT2D eigenvalue weighted by atomic mass is 10.0. The highest BCUT2D eigenvalue weighted by atomic mass is 19.3. The van der Waals surface area contributed by atoms with Gasteiger partial charge in [0.25, 0.3) is 0 Å². The Kier molecular flexibility index (Phi) is 5.73. The van der Waals surface area contributed by atoms with Crippen LogP contribution in [0.25, 0.3) is 0 Å². The summed E-state index contributed by atoms with van der Waals surface area (Å²) in [6, 6.07) is 7.47. The number of hydrogen-bond acceptors (Lipinski definition) is 3. The van der Waals surface area contributed by atoms with Gasteiger partial charge in [-0.2, -0.15) is 8.78 Å². The smallest absolute Gasteiger partial charge is 0.387 e. The summed E-state index contributed by atoms with van der Waals surface area (Å²) in [5, 5.41) is 3.35. The highest BCUT2D eigenvalue weighted by Gasteiger charge is 2.18. The number of hydrogen-bond donors (Lipinski definition) is 1. The number of halogens is 2. The van der Waals surface area contributed by atoms with Crippen LogP contribution in [0.4, 0.5) is 8.78 Å². The van der Waals surface area contributed by atoms with E-state index in [2.05, 4.69) is 22.0 Å². The lowest BCUT2D eigenvalue weighted by Crippen LogP contribution is -2.42. The Morgan fingerprint density at radius 3 is 2.90 bits per heavy atom. The summed E-state index contributed by atoms with van der Waals surface area (Å²) in [5.74, 6) is 0.256. The van der Waals surface area contributed by atoms with E-state index in [9.17, 15) is 8.78 Å². The van der Waals surface area contributed by atoms with Gasteiger partial charge in [0.1, 0.15) is 5.75 Å². The molecule has 1 aromatic carbocycles. The number of piperidine rings is 1. The van der Waals surface area contributed by atoms with E-state index in [0.29, 0.717) is 12.6 Å². The third-order valence-electron chi connectivity index (χ3n) is 3.81. The van der Waals surface area contributed by atoms with Gasteiger partial charge in [-0.15, -0.1) is 0 Å². The number of alkyl halides is 2. The SMILES string of the molecule is CN1CCCCC1CNCc1ccccc1OC(F)F. The summed E-state index contributed by atoms with van der Waals surface area (Å²) < 4.78 is 29.2. The molecule has 1 aliphatic heterocycles. The van der Waals surface area contributed by atoms with E-state index >= 15 is 0 Å². The van der Waals surface area contributed by atoms with Gasteiger partial charge < -0.3 is 15.0 Å². The maximum absolute atomic E-state index is 12.3. The second-order valence-electron chi connectivity index (χ2n) is 5.25. The van der Waals surface area contributed by atoms with Crippen LogP contribution < -0.4 is 10.1 Å². The molecule has 0 aromatic heterocycles. The number of likely N-dealkylation sites (N-methyl/N-ethyl adjacent to an activating group) is 1. The molecular weight excluding hydrogens is 262 g/mol. The Labute approximate surface area is 118 Å². The summed E-state index contributed by atoms with van der Waals surface area (Å²) in [7, 11) is 2.14. The first-order chi connectivity index (χ1) is 9.66. The first kappa shape index (κ1) is 15.2. The van der Waals surface area contributed by atoms with Gasteiger partial charge in [0.05, 0.1) is 0 Å². The first-order valence-electron chi connectivity index (χ1n) is 7.10. The number of nitrogens with zero attached hydrogens (tertiary/aromatic N) is 1. The molecule has 0 bridgehead atoms. The summed E-state index contributed by atoms with van der Waals surface area (Å²) >= 11 is 0. The van der Waals surface area contributed by atoms with Crippen molar-refractivity contribution in [2.75, 3.05) is 20.1 Å². The Morgan fingerprint density at radius 1 is 1.35 bits per heavy atom. The molecule has 1 unspecified atom stereocenters. The summed E-state index contributed by atoms with van der Waals surface area (Å²) in [6.45, 7) is -0.218. The number of para-hydroxylation sites is 1. The van der Waals surface area contributed by atoms with Crippen molar-refractivity contribution in [3.05, 3.63) is 29.8 Å². The predicted octanol–water partition coefficient (Wildman–Crippen LogP) is 2.86. The Balaban J connectivity index is 1.84. The summed E-state index contributed by atoms with van der Waals surface area (Å²) in [6.07, 6.45) is 3.72. The second kappa shape index (κ2) is 7.55. The van der Waals surface area contributed by atoms with Gasteiger partial charge >= 0.3 is 6.61 Å². The maximum atomic E-state index is 12.3. The minimum Gasteiger partial charge on any atom is -0.434 e. The van der Waals surface area contributed by atoms with E-state index in [1.54, 1.807) is 12.1 Å². The number of likely N-dealkylation sites (tertiary alicyclic amines) is 1. The van der Waals surface area contributed by atoms with Crippen LogP contribution in [0, 0.1) is 0 Å². The van der Waals surface area contributed by atoms with Crippen LogP contribution in [-0.2, 0) is 6.54 Å². The van der Waals surface area contributed by atoms with Gasteiger partial charge in [0.2, 0.25) is 0 Å². The molecule has 0 spiro atoms. The standard InChI is InChI=1S/C15H22F2N2O/c1-19-9-5-4-7-13(19)11-18-10-12-6-2-3-8-14(12)20-15(16)17/h2-3,6,8,13,15,18H,4-5,7,9-11H2,1H3. The average Bonchev–Trinajstić information content (AvgIpc) is 2.42. The normalized spacial score (nSPS) is 20.3. The van der Waals surface area contributed by atoms with Crippen molar-refractivity contribution in [1.82, 2.24) is 10.2 Å². The lowest BCUT2D eigenvalue weighted by molar-refractivity contribution is -0.0505. The molecule has 1 saturated heterocycles. The van der Waals surface area contributed by atoms with E-state index in [1.807, 2.05) is 12.1 Å². The van der Waals surface area contributed by atoms with Crippen molar-refractivity contribution < 1.29 is 13.5 Å². The molecule has 1 aromatic rings. The average molecular weight is 284 g/mol. The van der Waals surface area contributed by atoms with Crippen LogP contribution in [0.5, 0.6) is 5.75 Å². The molecule has 1 N–H and O–H groups in total. The maximum Gasteiger partial charge on any atom is 0.387 e. The molecule has 5 heteroatoms. The summed E-state index contributed by atoms with van der Waals surface area (Å²) in [4.78, 5) is 2.36. The van der Waals surface area contributed by atoms with Gasteiger partial charge in [-0.05, 0) is 32.5 Å². The van der Waals surface area contributed by atoms with Crippen LogP contribution in [-0.4, -0.2) is 37.7 Å². The predicted molar refractivity (Wildman–Crippen MR) is 75.0 cm³/mol. The number of nitrogens with one attached hydrogen (secondary N) is 1. The molecule has 112 valence electrons. The molecular formula is C15H22F2N2O. The zero-order valence-electron chi connectivity index (χ0n) is 11.8. The van der Waals surface area contributed by atoms with Gasteiger partial charge in [0, 0.05) is 24.7 Å². The molecule has 20 heavy (non-hydrogen) atoms. The molecule has 3 nitrogen and oxygen atoms in total. The number of rotatable bonds is 6. The molecule has 0 saturated carbocycles. The van der Waals surface area contributed by atoms with E-state index < -0.39 is 6.61 Å². The molecule has 1 atom stereocenters. The topological polar surface area (TPSA) is 24.5 Å². The van der Waals surface area contributed by atoms with Crippen molar-refractivity contribution in [2.45, 2.75) is 38.5 Å². The van der Waals surface area contributed by atoms with Gasteiger partial charge in [-0.25, -0.2) is 0 Å². The van der Waals surface area contributed by atoms with Gasteiger partial charge in [-0.3, -0.25) is 0 Å². The Morgan fingerprint density at radius 2 is 2.15 bits per heavy atom. The van der Waals surface area contributed by atoms with Crippen molar-refractivity contribution in [3.8, 4) is 5.75 Å². The van der Waals surface area contributed by atoms with Crippen LogP contribution in [0.1, 0.15) is 24.8 Å². The first-order valence-corrected chi connectivity index (χ1v) is 7.10. The van der Waals surface area contributed by atoms with E-state index in [0.717, 1.165) is 18.7 Å². The van der Waals surface area contributed by atoms with E-state index in [4.69, 9.17) is 0 Å². The van der Waals surface area contributed by atoms with E-state index in [-0.39, 0.29) is 5.75 Å². The molecule has 1 fully saturated rings. The van der Waals surface area contributed by atoms with Gasteiger partial charge in [0.15, 0.2) is 0 Å². The van der Waals surface area contributed by atoms with Gasteiger partial charge in [-0.1, -0.05) is 24.6 Å². The molecule has 0 amide bonds. The van der Waals surface area contributed by atoms with Crippen molar-refractivity contribution >= 4 is 0 Å². The number of benzene rings is 1. The molecule has 0 aliphatic carbocycles. The van der Waals surface area contributed by atoms with Crippen molar-refractivity contribution in [3.63, 3.8) is 0 Å². The van der Waals surface area contributed by atoms with Crippen LogP contribution in [0.2, 0.25) is 0 Å². The Bertz CT molecular complexity index is 415. The zero-order valence-corrected chi connectivity index (χ0v) is 11.8. The minimum atomic E-state index is -2.78. The molecule has 2 rings (SSSR count). The molecule has 1 heterocycles. The van der Waals surface area contributed by atoms with Crippen molar-refractivity contribution in [2.24, 2.45) is 0 Å². The highest BCUT2D eigenvalue weighted by Crippen LogP contribution is 2.20. The monoisotopic (exact) mass is 284 g/mol. The third-order valence-corrected chi connectivity index (χ3v) is 3.81. The number of ether oxygens (including phenoxy) is 1. The van der Waals surface area contributed by atoms with Crippen molar-refractivity contribution in [1.29, 1.82) is 0 Å². The van der Waals surface area contributed by atoms with Crippen LogP contribution >= 0.6 is 0 Å². The Hall–Kier alpha value is -1.20. The fourth-order valence-corrected chi connectivity index (χ4v) is 2.64. The van der Waals surface area contributed by atoms with Crippen LogP contribution in [0.3, 0.4) is 0 Å². The second-order valence-corrected chi connectivity index (χ2v) is 5.25. The highest BCUT2D eigenvalue weighted by molar-refractivity contribution is 5.33. The third kappa shape index (κ3) is 4.42. The van der Waals surface area contributed by atoms with Crippen LogP contribution in [0.15, 0.2) is 24.3 Å². The fraction of sp³-hybridized carbons (Fsp3) is 0.600. The van der Waals surface area contributed by atoms with E-state index in [1.165, 1.54) is 19.3 Å². The molecule has 0 radical (unpaired) electrons. The minimum absolute atomic E-state index is 0.256. The lowest BCUT2D eigenvalue weighted by Gasteiger charge is -2.32. The zero-order chi connectivity index (χ0) is 14.4. The summed E-state index contributed by atoms with van der Waals surface area (Å²) in [5.41, 5.74) is 0.770.